The molecular weight excluding hydrogens is 291 g/mol. The normalized spacial score (nSPS) is 19.6. The van der Waals surface area contributed by atoms with Crippen LogP contribution in [-0.4, -0.2) is 25.9 Å². The summed E-state index contributed by atoms with van der Waals surface area (Å²) in [6.07, 6.45) is 0.475. The number of hydrogen-bond acceptors (Lipinski definition) is 4. The van der Waals surface area contributed by atoms with Crippen LogP contribution in [0, 0.1) is 0 Å². The molecule has 1 aliphatic heterocycles. The van der Waals surface area contributed by atoms with E-state index in [1.807, 2.05) is 0 Å². The Morgan fingerprint density at radius 3 is 2.19 bits per heavy atom. The van der Waals surface area contributed by atoms with Gasteiger partial charge in [-0.15, -0.1) is 11.6 Å². The molecule has 0 radical (unpaired) electrons. The molecule has 0 aliphatic carbocycles. The Morgan fingerprint density at radius 2 is 2.06 bits per heavy atom. The van der Waals surface area contributed by atoms with Crippen molar-refractivity contribution in [3.63, 3.8) is 0 Å². The van der Waals surface area contributed by atoms with Gasteiger partial charge in [0.25, 0.3) is 5.56 Å². The van der Waals surface area contributed by atoms with Crippen LogP contribution in [0.3, 0.4) is 0 Å². The summed E-state index contributed by atoms with van der Waals surface area (Å²) in [5.41, 5.74) is -0.0417. The molecule has 0 bridgehead atoms. The highest BCUT2D eigenvalue weighted by Gasteiger charge is 2.25. The minimum Gasteiger partial charge on any atom is -0.288 e. The molecule has 8 heteroatoms. The molecule has 1 fully saturated rings. The van der Waals surface area contributed by atoms with Crippen molar-refractivity contribution in [2.24, 2.45) is 7.05 Å². The maximum atomic E-state index is 10.6. The van der Waals surface area contributed by atoms with Gasteiger partial charge in [-0.2, -0.15) is 0 Å². The van der Waals surface area contributed by atoms with Gasteiger partial charge in [0.1, 0.15) is 9.05 Å². The van der Waals surface area contributed by atoms with Gasteiger partial charge in [0.2, 0.25) is 5.91 Å². The van der Waals surface area contributed by atoms with Crippen molar-refractivity contribution < 1.29 is 4.79 Å². The SMILES string of the molecule is CN1SC(Cl)CC1=O.Cn1sc(Cl)cc1=O. The highest BCUT2D eigenvalue weighted by atomic mass is 35.5. The largest absolute Gasteiger partial charge is 0.288 e. The average molecular weight is 301 g/mol. The van der Waals surface area contributed by atoms with E-state index in [1.165, 1.54) is 33.5 Å². The van der Waals surface area contributed by atoms with Crippen molar-refractivity contribution in [3.05, 3.63) is 20.8 Å². The van der Waals surface area contributed by atoms with Crippen molar-refractivity contribution in [1.82, 2.24) is 8.26 Å². The van der Waals surface area contributed by atoms with Crippen molar-refractivity contribution in [1.29, 1.82) is 0 Å². The highest BCUT2D eigenvalue weighted by Crippen LogP contribution is 2.29. The van der Waals surface area contributed by atoms with E-state index in [-0.39, 0.29) is 16.2 Å². The third-order valence-corrected chi connectivity index (χ3v) is 4.10. The standard InChI is InChI=1S/C4H6ClNOS.C4H4ClNOS/c2*1-6-4(7)2-3(5)8-6/h3H,2H2,1H3;2H,1H3. The first kappa shape index (κ1) is 13.9. The number of aromatic nitrogens is 1. The lowest BCUT2D eigenvalue weighted by Gasteiger charge is -2.02. The third kappa shape index (κ3) is 4.01. The second-order valence-corrected chi connectivity index (χ2v) is 6.90. The van der Waals surface area contributed by atoms with Gasteiger partial charge in [0.15, 0.2) is 0 Å². The van der Waals surface area contributed by atoms with Crippen molar-refractivity contribution in [3.8, 4) is 0 Å². The van der Waals surface area contributed by atoms with E-state index >= 15 is 0 Å². The molecule has 1 amide bonds. The first-order chi connectivity index (χ1) is 7.40. The Morgan fingerprint density at radius 1 is 1.44 bits per heavy atom. The molecule has 1 aliphatic rings. The molecule has 1 atom stereocenters. The molecule has 2 heterocycles. The summed E-state index contributed by atoms with van der Waals surface area (Å²) in [7, 11) is 3.41. The fourth-order valence-electron chi connectivity index (χ4n) is 0.924. The molecule has 1 aromatic heterocycles. The van der Waals surface area contributed by atoms with Crippen molar-refractivity contribution in [2.45, 2.75) is 11.1 Å². The topological polar surface area (TPSA) is 42.3 Å². The number of carbonyl (C=O) groups excluding carboxylic acids is 1. The van der Waals surface area contributed by atoms with Crippen LogP contribution in [0.25, 0.3) is 0 Å². The molecule has 0 saturated carbocycles. The molecule has 1 unspecified atom stereocenters. The molecule has 16 heavy (non-hydrogen) atoms. The minimum absolute atomic E-state index is 0.0347. The Hall–Kier alpha value is -0.170. The zero-order valence-electron chi connectivity index (χ0n) is 8.65. The second kappa shape index (κ2) is 5.95. The van der Waals surface area contributed by atoms with E-state index in [2.05, 4.69) is 0 Å². The van der Waals surface area contributed by atoms with Crippen molar-refractivity contribution in [2.75, 3.05) is 7.05 Å². The summed E-state index contributed by atoms with van der Waals surface area (Å²) in [5.74, 6) is 0.120. The molecule has 0 aromatic carbocycles. The average Bonchev–Trinajstić information content (AvgIpc) is 2.58. The van der Waals surface area contributed by atoms with E-state index in [0.29, 0.717) is 10.8 Å². The number of nitrogens with zero attached hydrogens (tertiary/aromatic N) is 2. The van der Waals surface area contributed by atoms with Gasteiger partial charge in [0.05, 0.1) is 6.42 Å². The van der Waals surface area contributed by atoms with Crippen LogP contribution in [0.4, 0.5) is 0 Å². The number of aryl methyl sites for hydroxylation is 1. The maximum Gasteiger partial charge on any atom is 0.261 e. The number of alkyl halides is 1. The van der Waals surface area contributed by atoms with E-state index in [1.54, 1.807) is 18.4 Å². The third-order valence-electron chi connectivity index (χ3n) is 1.73. The van der Waals surface area contributed by atoms with Gasteiger partial charge >= 0.3 is 0 Å². The van der Waals surface area contributed by atoms with E-state index in [4.69, 9.17) is 23.2 Å². The molecule has 1 aromatic rings. The molecule has 0 N–H and O–H groups in total. The zero-order chi connectivity index (χ0) is 12.3. The molecular formula is C8H10Cl2N2O2S2. The molecule has 2 rings (SSSR count). The van der Waals surface area contributed by atoms with Crippen molar-refractivity contribution >= 4 is 52.6 Å². The minimum atomic E-state index is -0.0417. The summed E-state index contributed by atoms with van der Waals surface area (Å²) < 4.78 is 3.55. The van der Waals surface area contributed by atoms with Gasteiger partial charge in [-0.1, -0.05) is 11.6 Å². The van der Waals surface area contributed by atoms with Crippen LogP contribution < -0.4 is 5.56 Å². The van der Waals surface area contributed by atoms with Crippen LogP contribution in [0.1, 0.15) is 6.42 Å². The fourth-order valence-corrected chi connectivity index (χ4v) is 3.13. The lowest BCUT2D eigenvalue weighted by molar-refractivity contribution is -0.124. The summed E-state index contributed by atoms with van der Waals surface area (Å²) in [6.45, 7) is 0. The van der Waals surface area contributed by atoms with E-state index in [9.17, 15) is 9.59 Å². The number of amides is 1. The number of rotatable bonds is 0. The van der Waals surface area contributed by atoms with Crippen LogP contribution in [0.15, 0.2) is 10.9 Å². The summed E-state index contributed by atoms with van der Waals surface area (Å²) in [6, 6.07) is 1.40. The summed E-state index contributed by atoms with van der Waals surface area (Å²) in [4.78, 5) is 21.1. The van der Waals surface area contributed by atoms with Crippen LogP contribution in [0.2, 0.25) is 4.34 Å². The molecule has 0 spiro atoms. The smallest absolute Gasteiger partial charge is 0.261 e. The lowest BCUT2D eigenvalue weighted by atomic mass is 10.5. The molecule has 90 valence electrons. The lowest BCUT2D eigenvalue weighted by Crippen LogP contribution is -2.10. The Bertz CT molecular complexity index is 432. The van der Waals surface area contributed by atoms with Crippen LogP contribution in [0.5, 0.6) is 0 Å². The zero-order valence-corrected chi connectivity index (χ0v) is 11.8. The van der Waals surface area contributed by atoms with Gasteiger partial charge in [-0.05, 0) is 23.5 Å². The Kier molecular flexibility index (Phi) is 5.17. The van der Waals surface area contributed by atoms with Gasteiger partial charge in [-0.3, -0.25) is 17.9 Å². The molecule has 4 nitrogen and oxygen atoms in total. The molecule has 1 saturated heterocycles. The van der Waals surface area contributed by atoms with Gasteiger partial charge in [-0.25, -0.2) is 0 Å². The van der Waals surface area contributed by atoms with E-state index in [0.717, 1.165) is 0 Å². The number of halogens is 2. The first-order valence-corrected chi connectivity index (χ1v) is 6.73. The van der Waals surface area contributed by atoms with Crippen LogP contribution >= 0.6 is 46.7 Å². The summed E-state index contributed by atoms with van der Waals surface area (Å²) >= 11 is 13.7. The quantitative estimate of drug-likeness (QED) is 0.545. The Labute approximate surface area is 111 Å². The summed E-state index contributed by atoms with van der Waals surface area (Å²) in [5, 5.41) is 0. The predicted molar refractivity (Wildman–Crippen MR) is 69.2 cm³/mol. The first-order valence-electron chi connectivity index (χ1n) is 4.30. The van der Waals surface area contributed by atoms with Crippen LogP contribution in [-0.2, 0) is 11.8 Å². The van der Waals surface area contributed by atoms with E-state index < -0.39 is 0 Å². The Balaban J connectivity index is 0.000000160. The highest BCUT2D eigenvalue weighted by molar-refractivity contribution is 7.99. The number of carbonyl (C=O) groups is 1. The predicted octanol–water partition coefficient (Wildman–Crippen LogP) is 2.16. The van der Waals surface area contributed by atoms with Gasteiger partial charge < -0.3 is 0 Å². The number of hydrogen-bond donors (Lipinski definition) is 0. The monoisotopic (exact) mass is 300 g/mol. The second-order valence-electron chi connectivity index (χ2n) is 2.99. The fraction of sp³-hybridized carbons (Fsp3) is 0.500. The van der Waals surface area contributed by atoms with Gasteiger partial charge in [0, 0.05) is 20.2 Å². The maximum absolute atomic E-state index is 10.6.